The number of likely N-dealkylation sites (tertiary alicyclic amines) is 1. The second-order valence-electron chi connectivity index (χ2n) is 8.18. The highest BCUT2D eigenvalue weighted by Gasteiger charge is 2.27. The molecule has 1 amide bonds. The SMILES string of the molecule is COc1cc2c(cc1Nc1ncc3cnn(C[C@@H]4CCCN4C(C)=O)c3n1)CNCC2.Cl. The lowest BCUT2D eigenvalue weighted by Gasteiger charge is -2.23. The molecular formula is C22H28ClN7O2. The van der Waals surface area contributed by atoms with Crippen molar-refractivity contribution in [3.8, 4) is 5.75 Å². The number of ether oxygens (including phenoxy) is 1. The Hall–Kier alpha value is -2.91. The van der Waals surface area contributed by atoms with Gasteiger partial charge in [0.1, 0.15) is 5.75 Å². The van der Waals surface area contributed by atoms with Crippen LogP contribution < -0.4 is 15.4 Å². The summed E-state index contributed by atoms with van der Waals surface area (Å²) in [5.41, 5.74) is 4.16. The van der Waals surface area contributed by atoms with Gasteiger partial charge in [-0.15, -0.1) is 12.4 Å². The molecule has 1 saturated heterocycles. The van der Waals surface area contributed by atoms with Crippen molar-refractivity contribution < 1.29 is 9.53 Å². The van der Waals surface area contributed by atoms with Crippen LogP contribution in [-0.2, 0) is 24.3 Å². The van der Waals surface area contributed by atoms with Gasteiger partial charge >= 0.3 is 0 Å². The zero-order chi connectivity index (χ0) is 21.4. The number of fused-ring (bicyclic) bond motifs is 2. The van der Waals surface area contributed by atoms with E-state index in [1.807, 2.05) is 9.58 Å². The zero-order valence-electron chi connectivity index (χ0n) is 18.3. The number of hydrogen-bond acceptors (Lipinski definition) is 7. The van der Waals surface area contributed by atoms with Crippen molar-refractivity contribution in [2.45, 2.75) is 45.3 Å². The second-order valence-corrected chi connectivity index (χ2v) is 8.18. The van der Waals surface area contributed by atoms with E-state index in [1.165, 1.54) is 11.1 Å². The summed E-state index contributed by atoms with van der Waals surface area (Å²) in [7, 11) is 1.68. The number of methoxy groups -OCH3 is 1. The van der Waals surface area contributed by atoms with Crippen LogP contribution in [0, 0.1) is 0 Å². The predicted octanol–water partition coefficient (Wildman–Crippen LogP) is 2.66. The van der Waals surface area contributed by atoms with Crippen LogP contribution >= 0.6 is 12.4 Å². The average Bonchev–Trinajstić information content (AvgIpc) is 3.41. The number of benzene rings is 1. The first kappa shape index (κ1) is 22.3. The maximum absolute atomic E-state index is 11.9. The van der Waals surface area contributed by atoms with Crippen molar-refractivity contribution in [3.05, 3.63) is 35.7 Å². The normalized spacial score (nSPS) is 17.7. The number of carbonyl (C=O) groups excluding carboxylic acids is 1. The van der Waals surface area contributed by atoms with Gasteiger partial charge in [0, 0.05) is 26.2 Å². The summed E-state index contributed by atoms with van der Waals surface area (Å²) in [5, 5.41) is 12.1. The molecule has 0 radical (unpaired) electrons. The number of amides is 1. The molecule has 0 spiro atoms. The molecule has 9 nitrogen and oxygen atoms in total. The molecule has 2 aromatic heterocycles. The van der Waals surface area contributed by atoms with Crippen LogP contribution in [0.5, 0.6) is 5.75 Å². The third-order valence-electron chi connectivity index (χ3n) is 6.20. The summed E-state index contributed by atoms with van der Waals surface area (Å²) < 4.78 is 7.49. The van der Waals surface area contributed by atoms with E-state index in [2.05, 4.69) is 32.8 Å². The van der Waals surface area contributed by atoms with Crippen molar-refractivity contribution >= 4 is 41.0 Å². The largest absolute Gasteiger partial charge is 0.495 e. The van der Waals surface area contributed by atoms with Crippen LogP contribution in [0.3, 0.4) is 0 Å². The van der Waals surface area contributed by atoms with Crippen molar-refractivity contribution in [2.75, 3.05) is 25.5 Å². The number of hydrogen-bond donors (Lipinski definition) is 2. The maximum Gasteiger partial charge on any atom is 0.229 e. The number of carbonyl (C=O) groups is 1. The number of nitrogens with zero attached hydrogens (tertiary/aromatic N) is 5. The Kier molecular flexibility index (Phi) is 6.48. The Balaban J connectivity index is 0.00000245. The lowest BCUT2D eigenvalue weighted by atomic mass is 10.00. The first-order chi connectivity index (χ1) is 15.1. The van der Waals surface area contributed by atoms with Crippen molar-refractivity contribution in [1.82, 2.24) is 30.0 Å². The Morgan fingerprint density at radius 2 is 2.19 bits per heavy atom. The third kappa shape index (κ3) is 4.22. The monoisotopic (exact) mass is 457 g/mol. The van der Waals surface area contributed by atoms with E-state index in [-0.39, 0.29) is 24.4 Å². The minimum atomic E-state index is 0. The Labute approximate surface area is 193 Å². The van der Waals surface area contributed by atoms with E-state index in [0.29, 0.717) is 12.5 Å². The standard InChI is InChI=1S/C22H27N7O2.ClH/c1-14(30)28-7-3-4-18(28)13-29-21-17(12-25-29)11-24-22(27-21)26-19-8-16-10-23-6-5-15(16)9-20(19)31-2;/h8-9,11-12,18,23H,3-7,10,13H2,1-2H3,(H,24,26,27);1H/t18-;/m0./s1. The topological polar surface area (TPSA) is 97.2 Å². The summed E-state index contributed by atoms with van der Waals surface area (Å²) in [5.74, 6) is 1.39. The fourth-order valence-corrected chi connectivity index (χ4v) is 4.60. The van der Waals surface area contributed by atoms with Gasteiger partial charge in [-0.3, -0.25) is 4.79 Å². The third-order valence-corrected chi connectivity index (χ3v) is 6.20. The van der Waals surface area contributed by atoms with E-state index in [4.69, 9.17) is 9.72 Å². The molecule has 4 heterocycles. The molecule has 2 N–H and O–H groups in total. The van der Waals surface area contributed by atoms with Crippen molar-refractivity contribution in [1.29, 1.82) is 0 Å². The summed E-state index contributed by atoms with van der Waals surface area (Å²) >= 11 is 0. The number of aromatic nitrogens is 4. The molecule has 0 bridgehead atoms. The molecular weight excluding hydrogens is 430 g/mol. The smallest absolute Gasteiger partial charge is 0.229 e. The van der Waals surface area contributed by atoms with Gasteiger partial charge in [0.2, 0.25) is 11.9 Å². The molecule has 0 aliphatic carbocycles. The summed E-state index contributed by atoms with van der Waals surface area (Å²) in [6.07, 6.45) is 6.55. The molecule has 5 rings (SSSR count). The number of halogens is 1. The van der Waals surface area contributed by atoms with Gasteiger partial charge in [0.25, 0.3) is 0 Å². The summed E-state index contributed by atoms with van der Waals surface area (Å²) in [6, 6.07) is 4.35. The Morgan fingerprint density at radius 3 is 3.00 bits per heavy atom. The molecule has 10 heteroatoms. The summed E-state index contributed by atoms with van der Waals surface area (Å²) in [4.78, 5) is 23.0. The van der Waals surface area contributed by atoms with Crippen LogP contribution in [0.2, 0.25) is 0 Å². The molecule has 2 aliphatic rings. The van der Waals surface area contributed by atoms with Gasteiger partial charge in [0.05, 0.1) is 37.0 Å². The molecule has 1 aromatic carbocycles. The fraction of sp³-hybridized carbons (Fsp3) is 0.455. The van der Waals surface area contributed by atoms with E-state index < -0.39 is 0 Å². The van der Waals surface area contributed by atoms with E-state index in [9.17, 15) is 4.79 Å². The molecule has 170 valence electrons. The predicted molar refractivity (Wildman–Crippen MR) is 125 cm³/mol. The highest BCUT2D eigenvalue weighted by molar-refractivity contribution is 5.85. The minimum absolute atomic E-state index is 0. The van der Waals surface area contributed by atoms with E-state index >= 15 is 0 Å². The lowest BCUT2D eigenvalue weighted by molar-refractivity contribution is -0.129. The van der Waals surface area contributed by atoms with Crippen LogP contribution in [-0.4, -0.2) is 56.8 Å². The second kappa shape index (κ2) is 9.30. The van der Waals surface area contributed by atoms with E-state index in [0.717, 1.165) is 61.4 Å². The maximum atomic E-state index is 11.9. The molecule has 1 fully saturated rings. The Bertz CT molecular complexity index is 1130. The number of rotatable bonds is 5. The first-order valence-corrected chi connectivity index (χ1v) is 10.8. The zero-order valence-corrected chi connectivity index (χ0v) is 19.1. The van der Waals surface area contributed by atoms with Gasteiger partial charge in [-0.2, -0.15) is 10.1 Å². The minimum Gasteiger partial charge on any atom is -0.495 e. The lowest BCUT2D eigenvalue weighted by Crippen LogP contribution is -2.36. The van der Waals surface area contributed by atoms with Crippen LogP contribution in [0.15, 0.2) is 24.5 Å². The molecule has 3 aromatic rings. The van der Waals surface area contributed by atoms with Crippen LogP contribution in [0.1, 0.15) is 30.9 Å². The molecule has 0 unspecified atom stereocenters. The van der Waals surface area contributed by atoms with E-state index in [1.54, 1.807) is 26.4 Å². The van der Waals surface area contributed by atoms with Crippen molar-refractivity contribution in [2.24, 2.45) is 0 Å². The highest BCUT2D eigenvalue weighted by Crippen LogP contribution is 2.32. The average molecular weight is 458 g/mol. The van der Waals surface area contributed by atoms with Gasteiger partial charge in [0.15, 0.2) is 5.65 Å². The number of anilines is 2. The van der Waals surface area contributed by atoms with Gasteiger partial charge < -0.3 is 20.3 Å². The molecule has 1 atom stereocenters. The number of nitrogens with one attached hydrogen (secondary N) is 2. The first-order valence-electron chi connectivity index (χ1n) is 10.8. The molecule has 2 aliphatic heterocycles. The van der Waals surface area contributed by atoms with Gasteiger partial charge in [-0.1, -0.05) is 0 Å². The quantitative estimate of drug-likeness (QED) is 0.607. The Morgan fingerprint density at radius 1 is 1.31 bits per heavy atom. The van der Waals surface area contributed by atoms with Gasteiger partial charge in [-0.05, 0) is 49.1 Å². The van der Waals surface area contributed by atoms with Crippen LogP contribution in [0.25, 0.3) is 11.0 Å². The van der Waals surface area contributed by atoms with Crippen molar-refractivity contribution in [3.63, 3.8) is 0 Å². The summed E-state index contributed by atoms with van der Waals surface area (Å²) in [6.45, 7) is 4.90. The highest BCUT2D eigenvalue weighted by atomic mass is 35.5. The fourth-order valence-electron chi connectivity index (χ4n) is 4.60. The van der Waals surface area contributed by atoms with Crippen LogP contribution in [0.4, 0.5) is 11.6 Å². The molecule has 32 heavy (non-hydrogen) atoms. The molecule has 0 saturated carbocycles. The van der Waals surface area contributed by atoms with Gasteiger partial charge in [-0.25, -0.2) is 9.67 Å².